The third-order valence-corrected chi connectivity index (χ3v) is 10.7. The van der Waals surface area contributed by atoms with E-state index in [1.165, 1.54) is 24.3 Å². The minimum Gasteiger partial charge on any atom is -0.508 e. The van der Waals surface area contributed by atoms with Crippen LogP contribution < -0.4 is 43.8 Å². The van der Waals surface area contributed by atoms with Crippen molar-refractivity contribution in [1.82, 2.24) is 36.4 Å². The van der Waals surface area contributed by atoms with Crippen molar-refractivity contribution in [3.63, 3.8) is 0 Å². The van der Waals surface area contributed by atoms with E-state index in [2.05, 4.69) is 26.6 Å². The van der Waals surface area contributed by atoms with Gasteiger partial charge >= 0.3 is 0 Å². The van der Waals surface area contributed by atoms with Crippen molar-refractivity contribution in [3.05, 3.63) is 29.8 Å². The summed E-state index contributed by atoms with van der Waals surface area (Å²) in [5, 5.41) is 99.2. The molecule has 0 spiro atoms. The molecule has 0 aromatic heterocycles. The van der Waals surface area contributed by atoms with Crippen LogP contribution in [-0.4, -0.2) is 198 Å². The summed E-state index contributed by atoms with van der Waals surface area (Å²) in [7, 11) is 0. The molecule has 3 heterocycles. The first-order valence-corrected chi connectivity index (χ1v) is 19.6. The van der Waals surface area contributed by atoms with Gasteiger partial charge < -0.3 is 89.1 Å². The Morgan fingerprint density at radius 3 is 2.00 bits per heavy atom. The first kappa shape index (κ1) is 48.1. The maximum absolute atomic E-state index is 14.3. The Labute approximate surface area is 344 Å². The highest BCUT2D eigenvalue weighted by molar-refractivity contribution is 5.98. The predicted molar refractivity (Wildman–Crippen MR) is 206 cm³/mol. The first-order chi connectivity index (χ1) is 28.3. The fourth-order valence-corrected chi connectivity index (χ4v) is 7.43. The average Bonchev–Trinajstić information content (AvgIpc) is 3.80. The molecule has 3 aliphatic rings. The van der Waals surface area contributed by atoms with E-state index in [-0.39, 0.29) is 50.3 Å². The number of aromatic hydroxyl groups is 1. The number of nitrogens with two attached hydrogens (primary N) is 3. The molecule has 6 amide bonds. The number of nitrogens with one attached hydrogen (secondary N) is 5. The molecule has 0 saturated carbocycles. The second-order valence-corrected chi connectivity index (χ2v) is 15.2. The summed E-state index contributed by atoms with van der Waals surface area (Å²) < 4.78 is 0. The Balaban J connectivity index is 1.84. The molecule has 0 aliphatic carbocycles. The summed E-state index contributed by atoms with van der Waals surface area (Å²) in [6, 6.07) is -6.10. The smallest absolute Gasteiger partial charge is 0.248 e. The molecule has 24 nitrogen and oxygen atoms in total. The third kappa shape index (κ3) is 11.4. The molecule has 0 bridgehead atoms. The number of aliphatic hydroxyl groups excluding tert-OH is 7. The molecule has 19 N–H and O–H groups in total. The summed E-state index contributed by atoms with van der Waals surface area (Å²) >= 11 is 0. The molecular weight excluding hydrogens is 796 g/mol. The van der Waals surface area contributed by atoms with Crippen LogP contribution in [0.15, 0.2) is 24.3 Å². The van der Waals surface area contributed by atoms with Crippen LogP contribution in [0.3, 0.4) is 0 Å². The highest BCUT2D eigenvalue weighted by Gasteiger charge is 2.48. The average molecular weight is 855 g/mol. The number of carbonyl (C=O) groups excluding carboxylic acids is 6. The zero-order chi connectivity index (χ0) is 44.6. The molecule has 24 heteroatoms. The summed E-state index contributed by atoms with van der Waals surface area (Å²) in [5.74, 6) is -7.04. The van der Waals surface area contributed by atoms with Crippen LogP contribution in [0.25, 0.3) is 0 Å². The number of carbonyl (C=O) groups is 6. The van der Waals surface area contributed by atoms with Crippen LogP contribution in [0.1, 0.15) is 44.3 Å². The Kier molecular flexibility index (Phi) is 17.0. The number of hydrogen-bond acceptors (Lipinski definition) is 18. The Bertz CT molecular complexity index is 1680. The summed E-state index contributed by atoms with van der Waals surface area (Å²) in [6.45, 7) is 0.147. The highest BCUT2D eigenvalue weighted by atomic mass is 16.3. The van der Waals surface area contributed by atoms with Crippen LogP contribution >= 0.6 is 0 Å². The number of aliphatic hydroxyl groups is 7. The molecule has 14 atom stereocenters. The molecular formula is C36H58N10O14. The zero-order valence-corrected chi connectivity index (χ0v) is 32.9. The van der Waals surface area contributed by atoms with Crippen LogP contribution in [0.5, 0.6) is 5.75 Å². The van der Waals surface area contributed by atoms with Gasteiger partial charge in [0.05, 0.1) is 36.6 Å². The van der Waals surface area contributed by atoms with Crippen LogP contribution in [0.4, 0.5) is 0 Å². The molecule has 0 radical (unpaired) electrons. The third-order valence-electron chi connectivity index (χ3n) is 10.7. The predicted octanol–water partition coefficient (Wildman–Crippen LogP) is -8.66. The van der Waals surface area contributed by atoms with E-state index < -0.39 is 140 Å². The topological polar surface area (TPSA) is 409 Å². The van der Waals surface area contributed by atoms with E-state index in [0.717, 1.165) is 16.7 Å². The standard InChI is InChI=1S/C36H58N10O14/c1-15(47)24-35(59)46-14-18(49)12-20(46)32(56)43-26(29(54)28(53)16-2-4-17(48)5-3-16)33(57)42-25(21(50)6-8-37)36(60)45-11-7-22(51)27(45)34(58)44-30(40-10-9-38)23(52)13-19(39)31(55)41-24/h2-5,15,18-30,40,47-54H,6-14,37-39H2,1H3,(H,41,55)(H,42,57)(H,43,56)(H,44,58)/t15-,18-,19?,20+,21-,22+,23-,24+,25+,26+,27+,28+,29+,30+/m1/s1. The van der Waals surface area contributed by atoms with Gasteiger partial charge in [0, 0.05) is 39.0 Å². The maximum atomic E-state index is 14.3. The van der Waals surface area contributed by atoms with Crippen LogP contribution in [0.2, 0.25) is 0 Å². The molecule has 1 aromatic rings. The van der Waals surface area contributed by atoms with Crippen molar-refractivity contribution >= 4 is 35.4 Å². The molecule has 4 rings (SSSR count). The lowest BCUT2D eigenvalue weighted by Crippen LogP contribution is -2.65. The van der Waals surface area contributed by atoms with Crippen molar-refractivity contribution < 1.29 is 69.6 Å². The second kappa shape index (κ2) is 21.3. The van der Waals surface area contributed by atoms with Crippen molar-refractivity contribution in [2.75, 3.05) is 32.7 Å². The molecule has 1 aromatic carbocycles. The lowest BCUT2D eigenvalue weighted by Gasteiger charge is -2.35. The van der Waals surface area contributed by atoms with Crippen LogP contribution in [0, 0.1) is 0 Å². The summed E-state index contributed by atoms with van der Waals surface area (Å²) in [4.78, 5) is 85.4. The molecule has 1 unspecified atom stereocenters. The van der Waals surface area contributed by atoms with Gasteiger partial charge in [0.1, 0.15) is 54.3 Å². The van der Waals surface area contributed by atoms with E-state index in [4.69, 9.17) is 17.2 Å². The number of fused-ring (bicyclic) bond motifs is 2. The fraction of sp³-hybridized carbons (Fsp3) is 0.667. The summed E-state index contributed by atoms with van der Waals surface area (Å²) in [5.41, 5.74) is 17.4. The van der Waals surface area contributed by atoms with Gasteiger partial charge in [-0.15, -0.1) is 0 Å². The lowest BCUT2D eigenvalue weighted by molar-refractivity contribution is -0.148. The van der Waals surface area contributed by atoms with Gasteiger partial charge in [0.2, 0.25) is 35.4 Å². The molecule has 60 heavy (non-hydrogen) atoms. The quantitative estimate of drug-likeness (QED) is 0.104. The second-order valence-electron chi connectivity index (χ2n) is 15.2. The Morgan fingerprint density at radius 2 is 1.38 bits per heavy atom. The first-order valence-electron chi connectivity index (χ1n) is 19.6. The minimum atomic E-state index is -2.25. The fourth-order valence-electron chi connectivity index (χ4n) is 7.43. The number of hydrogen-bond donors (Lipinski definition) is 16. The molecule has 3 saturated heterocycles. The number of rotatable bonds is 10. The maximum Gasteiger partial charge on any atom is 0.248 e. The number of benzene rings is 1. The monoisotopic (exact) mass is 854 g/mol. The van der Waals surface area contributed by atoms with Gasteiger partial charge in [-0.05, 0) is 44.0 Å². The lowest BCUT2D eigenvalue weighted by atomic mass is 9.96. The highest BCUT2D eigenvalue weighted by Crippen LogP contribution is 2.26. The Morgan fingerprint density at radius 1 is 0.767 bits per heavy atom. The van der Waals surface area contributed by atoms with Gasteiger partial charge in [-0.1, -0.05) is 12.1 Å². The van der Waals surface area contributed by atoms with Crippen molar-refractivity contribution in [1.29, 1.82) is 0 Å². The van der Waals surface area contributed by atoms with E-state index >= 15 is 0 Å². The number of amides is 6. The Hall–Kier alpha value is -4.60. The van der Waals surface area contributed by atoms with Gasteiger partial charge in [-0.2, -0.15) is 0 Å². The molecule has 3 aliphatic heterocycles. The van der Waals surface area contributed by atoms with Crippen LogP contribution in [-0.2, 0) is 28.8 Å². The largest absolute Gasteiger partial charge is 0.508 e. The van der Waals surface area contributed by atoms with Crippen molar-refractivity contribution in [2.24, 2.45) is 17.2 Å². The van der Waals surface area contributed by atoms with E-state index in [0.29, 0.717) is 0 Å². The van der Waals surface area contributed by atoms with Gasteiger partial charge in [-0.25, -0.2) is 0 Å². The SMILES string of the molecule is C[C@@H](O)[C@@H]1NC(=O)C(N)C[C@@H](O)[C@@H](NCCN)NC(=O)[C@@H]2[C@@H](O)CCN2C(=O)[C@H]([C@H](O)CCN)NC(=O)[C@H]([C@H](O)[C@@H](O)c2ccc(O)cc2)NC(=O)[C@@H]2C[C@@H](O)CN2C1=O. The summed E-state index contributed by atoms with van der Waals surface area (Å²) in [6.07, 6.45) is -15.0. The number of phenolic OH excluding ortho intramolecular Hbond substituents is 1. The molecule has 3 fully saturated rings. The normalized spacial score (nSPS) is 32.4. The van der Waals surface area contributed by atoms with Crippen molar-refractivity contribution in [2.45, 2.75) is 118 Å². The van der Waals surface area contributed by atoms with E-state index in [1.807, 2.05) is 0 Å². The van der Waals surface area contributed by atoms with Crippen molar-refractivity contribution in [3.8, 4) is 5.75 Å². The molecule has 336 valence electrons. The van der Waals surface area contributed by atoms with E-state index in [9.17, 15) is 69.6 Å². The van der Waals surface area contributed by atoms with Gasteiger partial charge in [-0.3, -0.25) is 34.1 Å². The number of nitrogens with zero attached hydrogens (tertiary/aromatic N) is 2. The van der Waals surface area contributed by atoms with Gasteiger partial charge in [0.25, 0.3) is 0 Å². The minimum absolute atomic E-state index is 0.00135. The van der Waals surface area contributed by atoms with Gasteiger partial charge in [0.15, 0.2) is 0 Å². The number of phenols is 1. The van der Waals surface area contributed by atoms with E-state index in [1.54, 1.807) is 0 Å². The zero-order valence-electron chi connectivity index (χ0n) is 32.9.